The Hall–Kier alpha value is -2.98. The molecule has 2 aromatic rings. The van der Waals surface area contributed by atoms with Gasteiger partial charge in [-0.1, -0.05) is 70.0 Å². The van der Waals surface area contributed by atoms with Gasteiger partial charge in [0.25, 0.3) is 5.91 Å². The Morgan fingerprint density at radius 1 is 1.05 bits per heavy atom. The molecule has 3 unspecified atom stereocenters. The fourth-order valence-electron chi connectivity index (χ4n) is 7.13. The number of likely N-dealkylation sites (tertiary alicyclic amines) is 1. The Kier molecular flexibility index (Phi) is 10.3. The zero-order valence-electron chi connectivity index (χ0n) is 24.7. The average Bonchev–Trinajstić information content (AvgIpc) is 3.61. The summed E-state index contributed by atoms with van der Waals surface area (Å²) in [5.41, 5.74) is 0.418. The van der Waals surface area contributed by atoms with Crippen LogP contribution in [0, 0.1) is 11.8 Å². The summed E-state index contributed by atoms with van der Waals surface area (Å²) in [6.07, 6.45) is 5.10. The number of hydrogen-bond donors (Lipinski definition) is 1. The zero-order valence-corrected chi connectivity index (χ0v) is 27.0. The third-order valence-electron chi connectivity index (χ3n) is 8.96. The van der Waals surface area contributed by atoms with E-state index in [-0.39, 0.29) is 35.7 Å². The SMILES string of the molecule is C=CCN(Cc1ccccc1)C(=O)[C@H]1[C@@H]2OC3(CC2Br)C(C(=O)N(CC=C)c2ccc(Cl)cc2)N(CCCCCO)C(=O)[C@H]13. The molecule has 234 valence electrons. The van der Waals surface area contributed by atoms with Gasteiger partial charge < -0.3 is 24.5 Å². The van der Waals surface area contributed by atoms with E-state index in [1.165, 1.54) is 0 Å². The fraction of sp³-hybridized carbons (Fsp3) is 0.441. The molecule has 0 aliphatic carbocycles. The van der Waals surface area contributed by atoms with E-state index in [1.54, 1.807) is 51.1 Å². The van der Waals surface area contributed by atoms with Gasteiger partial charge in [-0.3, -0.25) is 14.4 Å². The molecule has 3 saturated heterocycles. The standard InChI is InChI=1S/C34H39BrClN3O5/c1-3-17-37(22-23-11-7-5-8-12-23)31(41)27-28-32(42)39(19-9-6-10-20-40)30(34(28)21-26(35)29(27)44-34)33(43)38(18-4-2)25-15-13-24(36)14-16-25/h3-5,7-8,11-16,26-30,40H,1-2,6,9-10,17-22H2/t26?,27-,28+,29-,30?,34?/m1/s1. The number of benzene rings is 2. The van der Waals surface area contributed by atoms with Gasteiger partial charge in [0.2, 0.25) is 11.8 Å². The first kappa shape index (κ1) is 32.4. The first-order chi connectivity index (χ1) is 21.3. The number of fused-ring (bicyclic) bond motifs is 1. The Labute approximate surface area is 272 Å². The number of amides is 3. The Morgan fingerprint density at radius 2 is 1.75 bits per heavy atom. The van der Waals surface area contributed by atoms with Gasteiger partial charge in [-0.15, -0.1) is 13.2 Å². The molecule has 0 saturated carbocycles. The van der Waals surface area contributed by atoms with Crippen LogP contribution in [0.3, 0.4) is 0 Å². The highest BCUT2D eigenvalue weighted by Crippen LogP contribution is 2.60. The van der Waals surface area contributed by atoms with Gasteiger partial charge in [-0.2, -0.15) is 0 Å². The number of nitrogens with zero attached hydrogens (tertiary/aromatic N) is 3. The number of ether oxygens (including phenoxy) is 1. The van der Waals surface area contributed by atoms with Gasteiger partial charge in [-0.25, -0.2) is 0 Å². The first-order valence-corrected chi connectivity index (χ1v) is 16.4. The number of rotatable bonds is 14. The molecule has 3 heterocycles. The number of carbonyl (C=O) groups is 3. The lowest BCUT2D eigenvalue weighted by Gasteiger charge is -2.37. The molecule has 1 spiro atoms. The smallest absolute Gasteiger partial charge is 0.253 e. The zero-order chi connectivity index (χ0) is 31.4. The van der Waals surface area contributed by atoms with Crippen molar-refractivity contribution in [2.24, 2.45) is 11.8 Å². The minimum absolute atomic E-state index is 0.0553. The lowest BCUT2D eigenvalue weighted by atomic mass is 9.70. The molecule has 6 atom stereocenters. The minimum atomic E-state index is -1.18. The van der Waals surface area contributed by atoms with Crippen LogP contribution in [0.15, 0.2) is 79.9 Å². The summed E-state index contributed by atoms with van der Waals surface area (Å²) >= 11 is 9.92. The van der Waals surface area contributed by atoms with Gasteiger partial charge in [-0.05, 0) is 55.5 Å². The normalized spacial score (nSPS) is 26.8. The predicted molar refractivity (Wildman–Crippen MR) is 174 cm³/mol. The van der Waals surface area contributed by atoms with Gasteiger partial charge >= 0.3 is 0 Å². The molecule has 2 bridgehead atoms. The van der Waals surface area contributed by atoms with Crippen LogP contribution in [0.25, 0.3) is 0 Å². The first-order valence-electron chi connectivity index (χ1n) is 15.1. The molecule has 3 fully saturated rings. The van der Waals surface area contributed by atoms with Crippen LogP contribution in [0.2, 0.25) is 5.02 Å². The topological polar surface area (TPSA) is 90.4 Å². The maximum atomic E-state index is 14.7. The fourth-order valence-corrected chi connectivity index (χ4v) is 8.19. The molecule has 1 N–H and O–H groups in total. The van der Waals surface area contributed by atoms with E-state index in [0.29, 0.717) is 56.0 Å². The van der Waals surface area contributed by atoms with Crippen molar-refractivity contribution in [3.8, 4) is 0 Å². The number of aliphatic hydroxyl groups is 1. The van der Waals surface area contributed by atoms with Crippen molar-refractivity contribution in [3.05, 3.63) is 90.5 Å². The highest BCUT2D eigenvalue weighted by Gasteiger charge is 2.76. The van der Waals surface area contributed by atoms with Crippen molar-refractivity contribution in [1.29, 1.82) is 0 Å². The maximum absolute atomic E-state index is 14.7. The molecule has 0 radical (unpaired) electrons. The van der Waals surface area contributed by atoms with E-state index in [1.807, 2.05) is 30.3 Å². The van der Waals surface area contributed by atoms with E-state index >= 15 is 0 Å². The summed E-state index contributed by atoms with van der Waals surface area (Å²) in [4.78, 5) is 48.2. The quantitative estimate of drug-likeness (QED) is 0.172. The summed E-state index contributed by atoms with van der Waals surface area (Å²) in [5.74, 6) is -2.27. The van der Waals surface area contributed by atoms with Crippen molar-refractivity contribution in [2.45, 2.75) is 54.8 Å². The van der Waals surface area contributed by atoms with Crippen molar-refractivity contribution in [1.82, 2.24) is 9.80 Å². The lowest BCUT2D eigenvalue weighted by molar-refractivity contribution is -0.145. The molecule has 5 rings (SSSR count). The molecule has 8 nitrogen and oxygen atoms in total. The Morgan fingerprint density at radius 3 is 2.41 bits per heavy atom. The number of aliphatic hydroxyl groups excluding tert-OH is 1. The predicted octanol–water partition coefficient (Wildman–Crippen LogP) is 4.98. The molecular weight excluding hydrogens is 646 g/mol. The highest BCUT2D eigenvalue weighted by atomic mass is 79.9. The molecule has 2 aromatic carbocycles. The van der Waals surface area contributed by atoms with Crippen LogP contribution in [0.5, 0.6) is 0 Å². The number of alkyl halides is 1. The van der Waals surface area contributed by atoms with Gasteiger partial charge in [0, 0.05) is 48.3 Å². The molecule has 10 heteroatoms. The van der Waals surface area contributed by atoms with Crippen LogP contribution in [0.1, 0.15) is 31.2 Å². The molecule has 3 aliphatic rings. The number of carbonyl (C=O) groups excluding carboxylic acids is 3. The molecule has 44 heavy (non-hydrogen) atoms. The van der Waals surface area contributed by atoms with Gasteiger partial charge in [0.15, 0.2) is 0 Å². The minimum Gasteiger partial charge on any atom is -0.396 e. The number of unbranched alkanes of at least 4 members (excludes halogenated alkanes) is 2. The highest BCUT2D eigenvalue weighted by molar-refractivity contribution is 9.09. The maximum Gasteiger partial charge on any atom is 0.253 e. The summed E-state index contributed by atoms with van der Waals surface area (Å²) in [6, 6.07) is 15.7. The van der Waals surface area contributed by atoms with Gasteiger partial charge in [0.1, 0.15) is 11.6 Å². The molecular formula is C34H39BrClN3O5. The van der Waals surface area contributed by atoms with Crippen molar-refractivity contribution in [3.63, 3.8) is 0 Å². The molecule has 3 amide bonds. The van der Waals surface area contributed by atoms with Crippen molar-refractivity contribution >= 4 is 50.9 Å². The second-order valence-corrected chi connectivity index (χ2v) is 13.3. The van der Waals surface area contributed by atoms with E-state index in [0.717, 1.165) is 5.56 Å². The van der Waals surface area contributed by atoms with E-state index in [2.05, 4.69) is 29.1 Å². The monoisotopic (exact) mass is 683 g/mol. The van der Waals surface area contributed by atoms with Crippen LogP contribution >= 0.6 is 27.5 Å². The van der Waals surface area contributed by atoms with Crippen LogP contribution in [-0.4, -0.2) is 81.4 Å². The third kappa shape index (κ3) is 5.99. The second-order valence-electron chi connectivity index (χ2n) is 11.7. The van der Waals surface area contributed by atoms with E-state index < -0.39 is 29.6 Å². The molecule has 0 aromatic heterocycles. The largest absolute Gasteiger partial charge is 0.396 e. The average molecular weight is 685 g/mol. The number of halogens is 2. The van der Waals surface area contributed by atoms with Crippen molar-refractivity contribution in [2.75, 3.05) is 31.1 Å². The van der Waals surface area contributed by atoms with Crippen LogP contribution < -0.4 is 4.90 Å². The Balaban J connectivity index is 1.53. The molecule has 3 aliphatic heterocycles. The van der Waals surface area contributed by atoms with Crippen LogP contribution in [-0.2, 0) is 25.7 Å². The summed E-state index contributed by atoms with van der Waals surface area (Å²) in [5, 5.41) is 9.88. The van der Waals surface area contributed by atoms with Crippen molar-refractivity contribution < 1.29 is 24.2 Å². The number of hydrogen-bond acceptors (Lipinski definition) is 5. The van der Waals surface area contributed by atoms with Gasteiger partial charge in [0.05, 0.1) is 17.9 Å². The summed E-state index contributed by atoms with van der Waals surface area (Å²) < 4.78 is 6.74. The summed E-state index contributed by atoms with van der Waals surface area (Å²) in [7, 11) is 0. The van der Waals surface area contributed by atoms with Crippen LogP contribution in [0.4, 0.5) is 5.69 Å². The third-order valence-corrected chi connectivity index (χ3v) is 10.1. The number of anilines is 1. The van der Waals surface area contributed by atoms with E-state index in [9.17, 15) is 19.5 Å². The Bertz CT molecular complexity index is 1370. The lowest BCUT2D eigenvalue weighted by Crippen LogP contribution is -2.57. The second kappa shape index (κ2) is 14.0. The van der Waals surface area contributed by atoms with E-state index in [4.69, 9.17) is 16.3 Å². The summed E-state index contributed by atoms with van der Waals surface area (Å²) in [6.45, 7) is 9.01.